The molecule has 0 bridgehead atoms. The Balaban J connectivity index is 1.82. The van der Waals surface area contributed by atoms with E-state index in [1.54, 1.807) is 18.1 Å². The highest BCUT2D eigenvalue weighted by atomic mass is 16.7. The van der Waals surface area contributed by atoms with Crippen LogP contribution in [0.15, 0.2) is 24.2 Å². The van der Waals surface area contributed by atoms with Crippen LogP contribution < -0.4 is 0 Å². The van der Waals surface area contributed by atoms with Gasteiger partial charge in [0.25, 0.3) is 0 Å². The van der Waals surface area contributed by atoms with Crippen LogP contribution in [0.5, 0.6) is 0 Å². The summed E-state index contributed by atoms with van der Waals surface area (Å²) in [5.41, 5.74) is 1.60. The van der Waals surface area contributed by atoms with Gasteiger partial charge in [0.05, 0.1) is 0 Å². The third-order valence-electron chi connectivity index (χ3n) is 3.88. The molecule has 1 aliphatic heterocycles. The first-order chi connectivity index (χ1) is 8.15. The van der Waals surface area contributed by atoms with Crippen molar-refractivity contribution in [1.82, 2.24) is 0 Å². The average molecular weight is 236 g/mol. The van der Waals surface area contributed by atoms with Gasteiger partial charge in [0, 0.05) is 6.42 Å². The van der Waals surface area contributed by atoms with Crippen LogP contribution in [0.25, 0.3) is 0 Å². The van der Waals surface area contributed by atoms with E-state index >= 15 is 0 Å². The van der Waals surface area contributed by atoms with Gasteiger partial charge < -0.3 is 9.47 Å². The Morgan fingerprint density at radius 1 is 1.29 bits per heavy atom. The molecule has 0 N–H and O–H groups in total. The quantitative estimate of drug-likeness (QED) is 0.680. The van der Waals surface area contributed by atoms with E-state index in [0.717, 1.165) is 30.6 Å². The third kappa shape index (κ3) is 3.52. The summed E-state index contributed by atoms with van der Waals surface area (Å²) in [7, 11) is 0. The maximum Gasteiger partial charge on any atom is 0.240 e. The minimum atomic E-state index is -0.0503. The fourth-order valence-corrected chi connectivity index (χ4v) is 2.84. The molecule has 1 heterocycles. The molecule has 0 fully saturated rings. The second-order valence-electron chi connectivity index (χ2n) is 5.76. The lowest BCUT2D eigenvalue weighted by molar-refractivity contribution is -0.0278. The Labute approximate surface area is 105 Å². The van der Waals surface area contributed by atoms with Gasteiger partial charge in [-0.1, -0.05) is 32.4 Å². The Kier molecular flexibility index (Phi) is 4.14. The van der Waals surface area contributed by atoms with Crippen LogP contribution in [0.3, 0.4) is 0 Å². The minimum absolute atomic E-state index is 0.0503. The monoisotopic (exact) mass is 236 g/mol. The number of hydrogen-bond donors (Lipinski definition) is 0. The van der Waals surface area contributed by atoms with Crippen LogP contribution in [-0.4, -0.2) is 6.29 Å². The molecule has 96 valence electrons. The van der Waals surface area contributed by atoms with Gasteiger partial charge in [-0.3, -0.25) is 0 Å². The molecule has 0 saturated carbocycles. The minimum Gasteiger partial charge on any atom is -0.459 e. The first-order valence-corrected chi connectivity index (χ1v) is 6.80. The molecule has 0 aromatic rings. The van der Waals surface area contributed by atoms with Crippen molar-refractivity contribution in [3.63, 3.8) is 0 Å². The van der Waals surface area contributed by atoms with Crippen LogP contribution in [0.4, 0.5) is 0 Å². The fraction of sp³-hybridized carbons (Fsp3) is 0.733. The summed E-state index contributed by atoms with van der Waals surface area (Å²) >= 11 is 0. The first-order valence-electron chi connectivity index (χ1n) is 6.80. The van der Waals surface area contributed by atoms with E-state index in [1.807, 2.05) is 0 Å². The van der Waals surface area contributed by atoms with Crippen molar-refractivity contribution in [1.29, 1.82) is 0 Å². The van der Waals surface area contributed by atoms with Crippen molar-refractivity contribution in [3.05, 3.63) is 24.2 Å². The van der Waals surface area contributed by atoms with Crippen molar-refractivity contribution in [2.45, 2.75) is 52.7 Å². The van der Waals surface area contributed by atoms with Crippen LogP contribution in [0, 0.1) is 17.8 Å². The van der Waals surface area contributed by atoms with Crippen LogP contribution >= 0.6 is 0 Å². The zero-order valence-electron chi connectivity index (χ0n) is 11.2. The predicted molar refractivity (Wildman–Crippen MR) is 69.1 cm³/mol. The van der Waals surface area contributed by atoms with Crippen molar-refractivity contribution < 1.29 is 9.47 Å². The van der Waals surface area contributed by atoms with E-state index in [9.17, 15) is 0 Å². The van der Waals surface area contributed by atoms with Crippen molar-refractivity contribution >= 4 is 0 Å². The second-order valence-corrected chi connectivity index (χ2v) is 5.76. The summed E-state index contributed by atoms with van der Waals surface area (Å²) in [5, 5.41) is 0. The van der Waals surface area contributed by atoms with Crippen molar-refractivity contribution in [2.24, 2.45) is 17.8 Å². The molecular weight excluding hydrogens is 212 g/mol. The van der Waals surface area contributed by atoms with Gasteiger partial charge in [0.1, 0.15) is 12.5 Å². The van der Waals surface area contributed by atoms with Crippen molar-refractivity contribution in [3.8, 4) is 0 Å². The highest BCUT2D eigenvalue weighted by molar-refractivity contribution is 5.09. The lowest BCUT2D eigenvalue weighted by atomic mass is 9.76. The summed E-state index contributed by atoms with van der Waals surface area (Å²) in [6.07, 6.45) is 10.4. The SMILES string of the molecule is CC1C=C(CCC2OC=CO2)CC(C(C)C)C1. The zero-order chi connectivity index (χ0) is 12.3. The number of allylic oxidation sites excluding steroid dienone is 2. The van der Waals surface area contributed by atoms with Gasteiger partial charge >= 0.3 is 0 Å². The first kappa shape index (κ1) is 12.5. The lowest BCUT2D eigenvalue weighted by Gasteiger charge is -2.30. The molecule has 17 heavy (non-hydrogen) atoms. The molecule has 2 nitrogen and oxygen atoms in total. The fourth-order valence-electron chi connectivity index (χ4n) is 2.84. The number of ether oxygens (including phenoxy) is 2. The Morgan fingerprint density at radius 3 is 2.65 bits per heavy atom. The largest absolute Gasteiger partial charge is 0.459 e. The summed E-state index contributed by atoms with van der Waals surface area (Å²) < 4.78 is 10.6. The van der Waals surface area contributed by atoms with E-state index in [1.165, 1.54) is 12.8 Å². The van der Waals surface area contributed by atoms with Crippen LogP contribution in [0.1, 0.15) is 46.5 Å². The van der Waals surface area contributed by atoms with E-state index in [0.29, 0.717) is 0 Å². The Morgan fingerprint density at radius 2 is 2.00 bits per heavy atom. The van der Waals surface area contributed by atoms with Gasteiger partial charge in [-0.2, -0.15) is 0 Å². The highest BCUT2D eigenvalue weighted by Crippen LogP contribution is 2.35. The van der Waals surface area contributed by atoms with E-state index in [-0.39, 0.29) is 6.29 Å². The molecule has 2 rings (SSSR count). The molecule has 0 spiro atoms. The predicted octanol–water partition coefficient (Wildman–Crippen LogP) is 4.24. The Hall–Kier alpha value is -0.920. The maximum atomic E-state index is 5.32. The standard InChI is InChI=1S/C15H24O2/c1-11(2)14-9-12(3)8-13(10-14)4-5-15-16-6-7-17-15/h6-8,11-12,14-15H,4-5,9-10H2,1-3H3. The molecule has 0 aromatic carbocycles. The van der Waals surface area contributed by atoms with Gasteiger partial charge in [-0.15, -0.1) is 0 Å². The average Bonchev–Trinajstić information content (AvgIpc) is 2.78. The molecule has 0 amide bonds. The Bertz CT molecular complexity index is 296. The summed E-state index contributed by atoms with van der Waals surface area (Å²) in [5.74, 6) is 2.38. The topological polar surface area (TPSA) is 18.5 Å². The normalized spacial score (nSPS) is 29.1. The zero-order valence-corrected chi connectivity index (χ0v) is 11.2. The molecule has 2 atom stereocenters. The van der Waals surface area contributed by atoms with E-state index in [2.05, 4.69) is 26.8 Å². The van der Waals surface area contributed by atoms with Crippen LogP contribution in [0.2, 0.25) is 0 Å². The van der Waals surface area contributed by atoms with E-state index < -0.39 is 0 Å². The number of hydrogen-bond acceptors (Lipinski definition) is 2. The van der Waals surface area contributed by atoms with Gasteiger partial charge in [-0.25, -0.2) is 0 Å². The molecule has 2 aliphatic rings. The smallest absolute Gasteiger partial charge is 0.240 e. The molecule has 2 unspecified atom stereocenters. The summed E-state index contributed by atoms with van der Waals surface area (Å²) in [4.78, 5) is 0. The van der Waals surface area contributed by atoms with E-state index in [4.69, 9.17) is 9.47 Å². The lowest BCUT2D eigenvalue weighted by Crippen LogP contribution is -2.18. The molecule has 0 aromatic heterocycles. The third-order valence-corrected chi connectivity index (χ3v) is 3.88. The van der Waals surface area contributed by atoms with Gasteiger partial charge in [-0.05, 0) is 37.0 Å². The number of rotatable bonds is 4. The van der Waals surface area contributed by atoms with Crippen molar-refractivity contribution in [2.75, 3.05) is 0 Å². The molecule has 2 heteroatoms. The van der Waals surface area contributed by atoms with Crippen LogP contribution in [-0.2, 0) is 9.47 Å². The maximum absolute atomic E-state index is 5.32. The summed E-state index contributed by atoms with van der Waals surface area (Å²) in [6, 6.07) is 0. The second kappa shape index (κ2) is 5.61. The molecule has 0 radical (unpaired) electrons. The molecule has 1 aliphatic carbocycles. The van der Waals surface area contributed by atoms with Gasteiger partial charge in [0.2, 0.25) is 6.29 Å². The summed E-state index contributed by atoms with van der Waals surface area (Å²) in [6.45, 7) is 7.01. The molecular formula is C15H24O2. The van der Waals surface area contributed by atoms with Gasteiger partial charge in [0.15, 0.2) is 0 Å². The molecule has 0 saturated heterocycles. The highest BCUT2D eigenvalue weighted by Gasteiger charge is 2.23.